The number of amides is 1. The Hall–Kier alpha value is -4.33. The molecule has 7 nitrogen and oxygen atoms in total. The maximum absolute atomic E-state index is 13.9. The Bertz CT molecular complexity index is 1380. The number of benzene rings is 2. The lowest BCUT2D eigenvalue weighted by molar-refractivity contribution is -0.116. The van der Waals surface area contributed by atoms with Gasteiger partial charge in [-0.1, -0.05) is 12.1 Å². The molecule has 0 saturated carbocycles. The minimum Gasteiger partial charge on any atom is -0.497 e. The Morgan fingerprint density at radius 1 is 1.09 bits per heavy atom. The van der Waals surface area contributed by atoms with Crippen LogP contribution in [0.3, 0.4) is 0 Å². The van der Waals surface area contributed by atoms with E-state index in [1.807, 2.05) is 0 Å². The van der Waals surface area contributed by atoms with Crippen LogP contribution >= 0.6 is 0 Å². The number of hydrogen-bond donors (Lipinski definition) is 1. The third-order valence-electron chi connectivity index (χ3n) is 4.94. The van der Waals surface area contributed by atoms with Gasteiger partial charge in [0.15, 0.2) is 5.78 Å². The summed E-state index contributed by atoms with van der Waals surface area (Å²) in [5, 5.41) is 2.76. The zero-order valence-electron chi connectivity index (χ0n) is 17.0. The molecule has 0 bridgehead atoms. The predicted octanol–water partition coefficient (Wildman–Crippen LogP) is 3.41. The fourth-order valence-electron chi connectivity index (χ4n) is 3.36. The van der Waals surface area contributed by atoms with Crippen LogP contribution in [0.15, 0.2) is 78.0 Å². The van der Waals surface area contributed by atoms with E-state index in [1.165, 1.54) is 60.6 Å². The van der Waals surface area contributed by atoms with Crippen LogP contribution in [-0.2, 0) is 11.3 Å². The lowest BCUT2D eigenvalue weighted by Gasteiger charge is -2.14. The molecule has 0 unspecified atom stereocenters. The zero-order valence-corrected chi connectivity index (χ0v) is 17.0. The number of hydrogen-bond acceptors (Lipinski definition) is 5. The summed E-state index contributed by atoms with van der Waals surface area (Å²) in [6.45, 7) is -0.255. The van der Waals surface area contributed by atoms with Gasteiger partial charge < -0.3 is 14.6 Å². The van der Waals surface area contributed by atoms with Gasteiger partial charge in [0.25, 0.3) is 0 Å². The number of para-hydroxylation sites is 1. The van der Waals surface area contributed by atoms with Gasteiger partial charge in [-0.05, 0) is 36.4 Å². The van der Waals surface area contributed by atoms with E-state index in [0.717, 1.165) is 0 Å². The molecule has 0 spiro atoms. The lowest BCUT2D eigenvalue weighted by atomic mass is 10.0. The van der Waals surface area contributed by atoms with Crippen LogP contribution in [0.5, 0.6) is 5.75 Å². The quantitative estimate of drug-likeness (QED) is 0.473. The van der Waals surface area contributed by atoms with Gasteiger partial charge in [-0.2, -0.15) is 0 Å². The number of methoxy groups -OCH3 is 1. The number of ketones is 1. The summed E-state index contributed by atoms with van der Waals surface area (Å²) >= 11 is 0. The molecule has 2 aromatic heterocycles. The van der Waals surface area contributed by atoms with E-state index >= 15 is 0 Å². The van der Waals surface area contributed by atoms with Crippen LogP contribution < -0.4 is 15.5 Å². The molecule has 1 amide bonds. The number of anilines is 1. The number of aromatic nitrogens is 2. The molecule has 4 rings (SSSR count). The van der Waals surface area contributed by atoms with E-state index in [4.69, 9.17) is 4.74 Å². The van der Waals surface area contributed by atoms with Crippen molar-refractivity contribution in [2.24, 2.45) is 0 Å². The van der Waals surface area contributed by atoms with Crippen LogP contribution in [0.2, 0.25) is 0 Å². The number of carbonyl (C=O) groups is 2. The Labute approximate surface area is 182 Å². The highest BCUT2D eigenvalue weighted by Crippen LogP contribution is 2.21. The highest BCUT2D eigenvalue weighted by molar-refractivity contribution is 6.10. The summed E-state index contributed by atoms with van der Waals surface area (Å²) < 4.78 is 20.6. The van der Waals surface area contributed by atoms with Crippen molar-refractivity contribution in [3.63, 3.8) is 0 Å². The van der Waals surface area contributed by atoms with E-state index in [1.54, 1.807) is 24.3 Å². The predicted molar refractivity (Wildman–Crippen MR) is 117 cm³/mol. The molecule has 4 aromatic rings. The Balaban J connectivity index is 1.79. The number of fused-ring (bicyclic) bond motifs is 1. The number of nitrogens with one attached hydrogen (secondary N) is 1. The van der Waals surface area contributed by atoms with Gasteiger partial charge in [0, 0.05) is 35.6 Å². The van der Waals surface area contributed by atoms with Crippen LogP contribution in [-0.4, -0.2) is 28.4 Å². The number of ether oxygens (including phenoxy) is 1. The monoisotopic (exact) mass is 431 g/mol. The molecule has 32 heavy (non-hydrogen) atoms. The molecular weight excluding hydrogens is 413 g/mol. The van der Waals surface area contributed by atoms with Crippen molar-refractivity contribution in [2.45, 2.75) is 6.54 Å². The molecule has 0 radical (unpaired) electrons. The van der Waals surface area contributed by atoms with E-state index < -0.39 is 22.9 Å². The first-order valence-corrected chi connectivity index (χ1v) is 9.68. The van der Waals surface area contributed by atoms with Gasteiger partial charge in [0.05, 0.1) is 23.9 Å². The van der Waals surface area contributed by atoms with Gasteiger partial charge in [-0.25, -0.2) is 4.39 Å². The second-order valence-corrected chi connectivity index (χ2v) is 6.98. The van der Waals surface area contributed by atoms with Crippen molar-refractivity contribution < 1.29 is 18.7 Å². The van der Waals surface area contributed by atoms with Crippen molar-refractivity contribution in [3.8, 4) is 5.75 Å². The highest BCUT2D eigenvalue weighted by Gasteiger charge is 2.19. The summed E-state index contributed by atoms with van der Waals surface area (Å²) in [5.74, 6) is -1.10. The van der Waals surface area contributed by atoms with Crippen molar-refractivity contribution in [2.75, 3.05) is 12.4 Å². The Morgan fingerprint density at radius 3 is 2.56 bits per heavy atom. The molecular formula is C24H18FN3O4. The average Bonchev–Trinajstić information content (AvgIpc) is 2.82. The maximum atomic E-state index is 13.9. The molecule has 0 aliphatic carbocycles. The van der Waals surface area contributed by atoms with Crippen molar-refractivity contribution in [1.29, 1.82) is 0 Å². The largest absolute Gasteiger partial charge is 0.497 e. The lowest BCUT2D eigenvalue weighted by Crippen LogP contribution is -2.24. The first kappa shape index (κ1) is 20.9. The molecule has 160 valence electrons. The molecule has 2 heterocycles. The minimum atomic E-state index is -0.569. The molecule has 2 aromatic carbocycles. The Morgan fingerprint density at radius 2 is 1.84 bits per heavy atom. The first-order chi connectivity index (χ1) is 15.5. The summed E-state index contributed by atoms with van der Waals surface area (Å²) in [6, 6.07) is 13.6. The van der Waals surface area contributed by atoms with Gasteiger partial charge in [0.2, 0.25) is 11.3 Å². The van der Waals surface area contributed by atoms with Crippen LogP contribution in [0.4, 0.5) is 10.1 Å². The summed E-state index contributed by atoms with van der Waals surface area (Å²) in [5.41, 5.74) is 0.188. The number of pyridine rings is 2. The van der Waals surface area contributed by atoms with E-state index in [2.05, 4.69) is 10.3 Å². The summed E-state index contributed by atoms with van der Waals surface area (Å²) in [6.07, 6.45) is 4.26. The number of carbonyl (C=O) groups excluding carboxylic acids is 2. The molecule has 0 aliphatic rings. The van der Waals surface area contributed by atoms with E-state index in [0.29, 0.717) is 16.8 Å². The van der Waals surface area contributed by atoms with Gasteiger partial charge in [-0.15, -0.1) is 0 Å². The number of halogens is 1. The zero-order chi connectivity index (χ0) is 22.7. The SMILES string of the molecule is COc1ccc2c(=O)c(C(=O)c3ccncc3)cn(CC(=O)Nc3ccccc3F)c2c1. The third kappa shape index (κ3) is 4.11. The minimum absolute atomic E-state index is 0.0357. The average molecular weight is 431 g/mol. The topological polar surface area (TPSA) is 90.3 Å². The fourth-order valence-corrected chi connectivity index (χ4v) is 3.36. The molecule has 0 fully saturated rings. The molecule has 0 saturated heterocycles. The molecule has 1 N–H and O–H groups in total. The van der Waals surface area contributed by atoms with E-state index in [9.17, 15) is 18.8 Å². The van der Waals surface area contributed by atoms with Gasteiger partial charge in [-0.3, -0.25) is 19.4 Å². The molecule has 0 atom stereocenters. The first-order valence-electron chi connectivity index (χ1n) is 9.68. The second kappa shape index (κ2) is 8.81. The maximum Gasteiger partial charge on any atom is 0.244 e. The number of nitrogens with zero attached hydrogens (tertiary/aromatic N) is 2. The number of rotatable bonds is 6. The highest BCUT2D eigenvalue weighted by atomic mass is 19.1. The fraction of sp³-hybridized carbons (Fsp3) is 0.0833. The van der Waals surface area contributed by atoms with Crippen LogP contribution in [0, 0.1) is 5.82 Å². The normalized spacial score (nSPS) is 10.7. The van der Waals surface area contributed by atoms with Crippen molar-refractivity contribution in [1.82, 2.24) is 9.55 Å². The van der Waals surface area contributed by atoms with Gasteiger partial charge >= 0.3 is 0 Å². The van der Waals surface area contributed by atoms with Crippen LogP contribution in [0.1, 0.15) is 15.9 Å². The summed E-state index contributed by atoms with van der Waals surface area (Å²) in [4.78, 5) is 42.6. The van der Waals surface area contributed by atoms with E-state index in [-0.39, 0.29) is 23.2 Å². The smallest absolute Gasteiger partial charge is 0.244 e. The standard InChI is InChI=1S/C24H18FN3O4/c1-32-16-6-7-17-21(12-16)28(14-22(29)27-20-5-3-2-4-19(20)25)13-18(24(17)31)23(30)15-8-10-26-11-9-15/h2-13H,14H2,1H3,(H,27,29). The second-order valence-electron chi connectivity index (χ2n) is 6.98. The van der Waals surface area contributed by atoms with Crippen molar-refractivity contribution in [3.05, 3.63) is 100 Å². The van der Waals surface area contributed by atoms with Crippen molar-refractivity contribution >= 4 is 28.3 Å². The third-order valence-corrected chi connectivity index (χ3v) is 4.94. The Kier molecular flexibility index (Phi) is 5.76. The molecule has 0 aliphatic heterocycles. The van der Waals surface area contributed by atoms with Gasteiger partial charge in [0.1, 0.15) is 18.1 Å². The van der Waals surface area contributed by atoms with Crippen LogP contribution in [0.25, 0.3) is 10.9 Å². The summed E-state index contributed by atoms with van der Waals surface area (Å²) in [7, 11) is 1.48. The molecule has 8 heteroatoms.